The number of hydrogen-bond donors (Lipinski definition) is 5. The summed E-state index contributed by atoms with van der Waals surface area (Å²) in [5.74, 6) is -7.81. The average Bonchev–Trinajstić information content (AvgIpc) is 3.92. The molecular formula is C59H67F3IN7O10. The predicted molar refractivity (Wildman–Crippen MR) is 299 cm³/mol. The molecule has 0 aromatic heterocycles. The van der Waals surface area contributed by atoms with Gasteiger partial charge in [0.1, 0.15) is 17.9 Å². The maximum absolute atomic E-state index is 14.6. The van der Waals surface area contributed by atoms with Gasteiger partial charge in [0.25, 0.3) is 29.5 Å². The third kappa shape index (κ3) is 15.7. The van der Waals surface area contributed by atoms with Crippen LogP contribution >= 0.6 is 22.6 Å². The first-order valence-corrected chi connectivity index (χ1v) is 28.7. The Morgan fingerprint density at radius 3 is 1.50 bits per heavy atom. The first-order valence-electron chi connectivity index (χ1n) is 27.6. The number of halogens is 4. The van der Waals surface area contributed by atoms with Crippen LogP contribution in [0.5, 0.6) is 0 Å². The van der Waals surface area contributed by atoms with Gasteiger partial charge < -0.3 is 11.1 Å². The van der Waals surface area contributed by atoms with Crippen LogP contribution in [0.15, 0.2) is 66.7 Å². The Balaban J connectivity index is 0.000000277. The molecule has 9 amide bonds. The molecule has 2 unspecified atom stereocenters. The Bertz CT molecular complexity index is 2990. The van der Waals surface area contributed by atoms with Gasteiger partial charge in [-0.2, -0.15) is 0 Å². The van der Waals surface area contributed by atoms with Gasteiger partial charge in [-0.1, -0.05) is 89.2 Å². The van der Waals surface area contributed by atoms with Crippen molar-refractivity contribution in [3.63, 3.8) is 0 Å². The highest BCUT2D eigenvalue weighted by Gasteiger charge is 2.46. The van der Waals surface area contributed by atoms with Gasteiger partial charge in [-0.25, -0.2) is 18.7 Å². The van der Waals surface area contributed by atoms with Crippen molar-refractivity contribution >= 4 is 87.1 Å². The van der Waals surface area contributed by atoms with Gasteiger partial charge in [0.15, 0.2) is 11.6 Å². The quantitative estimate of drug-likeness (QED) is 0.0162. The van der Waals surface area contributed by atoms with Crippen LogP contribution in [-0.2, 0) is 36.9 Å². The molecular weight excluding hydrogens is 1150 g/mol. The minimum atomic E-state index is -1.30. The molecule has 0 bridgehead atoms. The van der Waals surface area contributed by atoms with E-state index in [-0.39, 0.29) is 55.0 Å². The van der Waals surface area contributed by atoms with Crippen LogP contribution in [0.3, 0.4) is 0 Å². The molecule has 4 aliphatic heterocycles. The van der Waals surface area contributed by atoms with Crippen LogP contribution in [0.25, 0.3) is 0 Å². The lowest BCUT2D eigenvalue weighted by molar-refractivity contribution is -0.137. The van der Waals surface area contributed by atoms with E-state index in [1.165, 1.54) is 31.4 Å². The number of benzene rings is 4. The maximum Gasteiger partial charge on any atom is 0.277 e. The lowest BCUT2D eigenvalue weighted by atomic mass is 10.0. The molecule has 8 rings (SSSR count). The molecule has 4 aromatic rings. The van der Waals surface area contributed by atoms with E-state index in [4.69, 9.17) is 10.6 Å². The summed E-state index contributed by atoms with van der Waals surface area (Å²) in [5, 5.41) is 6.90. The van der Waals surface area contributed by atoms with E-state index in [1.54, 1.807) is 30.3 Å². The fourth-order valence-corrected chi connectivity index (χ4v) is 10.7. The van der Waals surface area contributed by atoms with E-state index in [9.17, 15) is 56.3 Å². The molecule has 426 valence electrons. The second kappa shape index (κ2) is 29.6. The number of piperidine rings is 2. The third-order valence-electron chi connectivity index (χ3n) is 14.6. The number of rotatable bonds is 27. The molecule has 4 heterocycles. The van der Waals surface area contributed by atoms with Crippen LogP contribution in [0, 0.1) is 21.0 Å². The van der Waals surface area contributed by atoms with Crippen molar-refractivity contribution in [1.29, 1.82) is 0 Å². The lowest BCUT2D eigenvalue weighted by Gasteiger charge is -2.27. The number of hydroxylamine groups is 1. The van der Waals surface area contributed by atoms with Crippen LogP contribution in [0.4, 0.5) is 24.5 Å². The normalized spacial score (nSPS) is 16.8. The summed E-state index contributed by atoms with van der Waals surface area (Å²) in [4.78, 5) is 118. The Kier molecular flexibility index (Phi) is 22.5. The Morgan fingerprint density at radius 2 is 1.02 bits per heavy atom. The molecule has 80 heavy (non-hydrogen) atoms. The van der Waals surface area contributed by atoms with Crippen molar-refractivity contribution in [3.8, 4) is 0 Å². The summed E-state index contributed by atoms with van der Waals surface area (Å²) in [6, 6.07) is 14.8. The molecule has 2 fully saturated rings. The fraction of sp³-hybridized carbons (Fsp3) is 0.441. The molecule has 0 aliphatic carbocycles. The number of nitrogens with one attached hydrogen (secondary N) is 4. The number of fused-ring (bicyclic) bond motifs is 2. The number of nitrogens with two attached hydrogens (primary N) is 1. The van der Waals surface area contributed by atoms with Gasteiger partial charge in [-0.15, -0.1) is 0 Å². The zero-order valence-electron chi connectivity index (χ0n) is 44.5. The topological polar surface area (TPSA) is 243 Å². The smallest absolute Gasteiger partial charge is 0.277 e. The summed E-state index contributed by atoms with van der Waals surface area (Å²) in [5.41, 5.74) is 10.2. The van der Waals surface area contributed by atoms with Crippen molar-refractivity contribution in [1.82, 2.24) is 25.9 Å². The second-order valence-corrected chi connectivity index (χ2v) is 21.7. The van der Waals surface area contributed by atoms with E-state index < -0.39 is 82.5 Å². The molecule has 2 atom stereocenters. The first-order chi connectivity index (χ1) is 38.6. The highest BCUT2D eigenvalue weighted by molar-refractivity contribution is 14.1. The molecule has 2 saturated heterocycles. The van der Waals surface area contributed by atoms with Gasteiger partial charge in [0.2, 0.25) is 23.6 Å². The number of nitrogens with zero attached hydrogens (tertiary/aromatic N) is 2. The SMILES string of the molecule is NCCCCCCCCc1ccc2c(c1)C(=O)N(C1CCC(=O)NC1=O)C2=O.O=C1CCC(N2C(=O)c3ccc(CCCCCCCCCCCCONC(=O)c4ccc(F)c(F)c4Nc4ccc(I)cc4F)cc3C2=O)C(=O)N1. The van der Waals surface area contributed by atoms with Crippen molar-refractivity contribution < 1.29 is 61.2 Å². The minimum Gasteiger partial charge on any atom is -0.350 e. The second-order valence-electron chi connectivity index (χ2n) is 20.4. The molecule has 0 saturated carbocycles. The fourth-order valence-electron chi connectivity index (χ4n) is 10.2. The molecule has 6 N–H and O–H groups in total. The number of aryl methyl sites for hydroxylation is 2. The predicted octanol–water partition coefficient (Wildman–Crippen LogP) is 9.59. The molecule has 0 radical (unpaired) electrons. The minimum absolute atomic E-state index is 0.0854. The van der Waals surface area contributed by atoms with Crippen LogP contribution in [0.2, 0.25) is 0 Å². The highest BCUT2D eigenvalue weighted by Crippen LogP contribution is 2.32. The Hall–Kier alpha value is -6.85. The number of hydrogen-bond acceptors (Lipinski definition) is 12. The standard InChI is InChI=1S/C38H40F3IN4O6.C21H27N3O4/c39-28-16-15-26(34(33(28)41)43-30-17-13-24(42)22-29(30)40)35(48)45-52-20-10-8-6-4-2-1-3-5-7-9-11-23-12-14-25-27(21-23)38(51)46(37(25)50)31-18-19-32(47)44-36(31)49;22-12-6-4-2-1-3-5-7-14-8-9-15-16(13-14)21(28)24(20(15)27)17-10-11-18(25)23-19(17)26/h12-17,21-22,31,43H,1-11,18-20H2,(H,45,48)(H,44,47,49);8-9,13,17H,1-7,10-12,22H2,(H,23,25,26). The number of amides is 9. The molecule has 4 aromatic carbocycles. The molecule has 0 spiro atoms. The maximum atomic E-state index is 14.6. The largest absolute Gasteiger partial charge is 0.350 e. The van der Waals surface area contributed by atoms with E-state index >= 15 is 0 Å². The first kappa shape index (κ1) is 60.8. The zero-order chi connectivity index (χ0) is 57.3. The molecule has 17 nitrogen and oxygen atoms in total. The summed E-state index contributed by atoms with van der Waals surface area (Å²) < 4.78 is 43.5. The summed E-state index contributed by atoms with van der Waals surface area (Å²) in [6.07, 6.45) is 19.0. The van der Waals surface area contributed by atoms with Crippen molar-refractivity contribution in [2.24, 2.45) is 5.73 Å². The number of carbonyl (C=O) groups excluding carboxylic acids is 9. The number of unbranched alkanes of at least 4 members (excludes halogenated alkanes) is 14. The molecule has 21 heteroatoms. The number of anilines is 2. The third-order valence-corrected chi connectivity index (χ3v) is 15.3. The Morgan fingerprint density at radius 1 is 0.562 bits per heavy atom. The van der Waals surface area contributed by atoms with Gasteiger partial charge in [-0.3, -0.25) is 68.4 Å². The zero-order valence-corrected chi connectivity index (χ0v) is 46.7. The monoisotopic (exact) mass is 1220 g/mol. The van der Waals surface area contributed by atoms with Crippen molar-refractivity contribution in [2.75, 3.05) is 18.5 Å². The summed E-state index contributed by atoms with van der Waals surface area (Å²) in [6.45, 7) is 0.994. The van der Waals surface area contributed by atoms with Gasteiger partial charge >= 0.3 is 0 Å². The van der Waals surface area contributed by atoms with Gasteiger partial charge in [0, 0.05) is 16.4 Å². The van der Waals surface area contributed by atoms with Gasteiger partial charge in [0.05, 0.1) is 45.8 Å². The summed E-state index contributed by atoms with van der Waals surface area (Å²) in [7, 11) is 0. The van der Waals surface area contributed by atoms with Crippen LogP contribution < -0.4 is 27.2 Å². The Labute approximate surface area is 476 Å². The number of imide groups is 4. The van der Waals surface area contributed by atoms with E-state index in [0.717, 1.165) is 129 Å². The average molecular weight is 1220 g/mol. The van der Waals surface area contributed by atoms with Crippen LogP contribution in [0.1, 0.15) is 191 Å². The van der Waals surface area contributed by atoms with E-state index in [2.05, 4.69) is 21.4 Å². The molecule has 4 aliphatic rings. The summed E-state index contributed by atoms with van der Waals surface area (Å²) >= 11 is 1.92. The van der Waals surface area contributed by atoms with Crippen LogP contribution in [-0.4, -0.2) is 88.2 Å². The van der Waals surface area contributed by atoms with E-state index in [1.807, 2.05) is 34.7 Å². The van der Waals surface area contributed by atoms with Gasteiger partial charge in [-0.05, 0) is 146 Å². The number of carbonyl (C=O) groups is 9. The van der Waals surface area contributed by atoms with Crippen molar-refractivity contribution in [3.05, 3.63) is 127 Å². The van der Waals surface area contributed by atoms with E-state index in [0.29, 0.717) is 26.7 Å². The lowest BCUT2D eigenvalue weighted by Crippen LogP contribution is -2.54. The van der Waals surface area contributed by atoms with Crippen molar-refractivity contribution in [2.45, 2.75) is 153 Å². The highest BCUT2D eigenvalue weighted by atomic mass is 127.